The number of ether oxygens (including phenoxy) is 1. The van der Waals surface area contributed by atoms with Crippen molar-refractivity contribution in [3.8, 4) is 17.1 Å². The minimum absolute atomic E-state index is 0.255. The maximum absolute atomic E-state index is 9.36. The van der Waals surface area contributed by atoms with Crippen LogP contribution in [0, 0.1) is 0 Å². The first-order chi connectivity index (χ1) is 14.3. The number of benzene rings is 2. The van der Waals surface area contributed by atoms with Crippen molar-refractivity contribution < 1.29 is 9.84 Å². The Kier molecular flexibility index (Phi) is 8.67. The molecule has 152 valence electrons. The zero-order valence-electron chi connectivity index (χ0n) is 17.0. The predicted octanol–water partition coefficient (Wildman–Crippen LogP) is 5.95. The van der Waals surface area contributed by atoms with Crippen LogP contribution in [0.1, 0.15) is 49.7 Å². The molecule has 0 aliphatic heterocycles. The summed E-state index contributed by atoms with van der Waals surface area (Å²) in [6.45, 7) is 1.56. The number of aryl methyl sites for hydroxylation is 1. The summed E-state index contributed by atoms with van der Waals surface area (Å²) in [6, 6.07) is 17.3. The Hall–Kier alpha value is -2.72. The molecule has 3 aromatic rings. The van der Waals surface area contributed by atoms with Gasteiger partial charge >= 0.3 is 0 Å². The monoisotopic (exact) mass is 390 g/mol. The standard InChI is InChI=1S/C25H30N2O2/c28-24-15-13-23(14-16-24)25-26-18-22(19-27-25)12-6-3-1-2-4-9-17-29-20-21-10-7-5-8-11-21/h5,7-8,10-11,13-16,18-19,28H,1-4,6,9,12,17,20H2. The molecule has 2 aromatic carbocycles. The van der Waals surface area contributed by atoms with Gasteiger partial charge in [0, 0.05) is 24.6 Å². The molecule has 0 bridgehead atoms. The molecule has 0 aliphatic carbocycles. The van der Waals surface area contributed by atoms with E-state index in [1.807, 2.05) is 30.6 Å². The van der Waals surface area contributed by atoms with Crippen LogP contribution in [0.15, 0.2) is 67.0 Å². The van der Waals surface area contributed by atoms with Crippen molar-refractivity contribution >= 4 is 0 Å². The molecule has 3 rings (SSSR count). The summed E-state index contributed by atoms with van der Waals surface area (Å²) in [5.41, 5.74) is 3.34. The first-order valence-electron chi connectivity index (χ1n) is 10.5. The second-order valence-corrected chi connectivity index (χ2v) is 7.37. The first kappa shape index (κ1) is 21.0. The van der Waals surface area contributed by atoms with Crippen LogP contribution < -0.4 is 0 Å². The second kappa shape index (κ2) is 12.0. The summed E-state index contributed by atoms with van der Waals surface area (Å²) < 4.78 is 5.73. The van der Waals surface area contributed by atoms with Gasteiger partial charge in [-0.3, -0.25) is 0 Å². The average Bonchev–Trinajstić information content (AvgIpc) is 2.77. The number of rotatable bonds is 12. The lowest BCUT2D eigenvalue weighted by molar-refractivity contribution is 0.116. The molecule has 29 heavy (non-hydrogen) atoms. The van der Waals surface area contributed by atoms with E-state index in [-0.39, 0.29) is 5.75 Å². The van der Waals surface area contributed by atoms with Gasteiger partial charge in [0.25, 0.3) is 0 Å². The summed E-state index contributed by atoms with van der Waals surface area (Å²) in [6.07, 6.45) is 12.2. The number of phenolic OH excluding ortho intramolecular Hbond substituents is 1. The molecule has 4 nitrogen and oxygen atoms in total. The SMILES string of the molecule is Oc1ccc(-c2ncc(CCCCCCCCOCc3ccccc3)cn2)cc1. The van der Waals surface area contributed by atoms with Gasteiger partial charge in [0.1, 0.15) is 5.75 Å². The zero-order valence-corrected chi connectivity index (χ0v) is 17.0. The molecule has 0 saturated heterocycles. The summed E-state index contributed by atoms with van der Waals surface area (Å²) in [5.74, 6) is 0.952. The van der Waals surface area contributed by atoms with Gasteiger partial charge in [0.2, 0.25) is 0 Å². The summed E-state index contributed by atoms with van der Waals surface area (Å²) >= 11 is 0. The Morgan fingerprint density at radius 1 is 0.690 bits per heavy atom. The third-order valence-electron chi connectivity index (χ3n) is 4.95. The van der Waals surface area contributed by atoms with Crippen molar-refractivity contribution in [3.63, 3.8) is 0 Å². The van der Waals surface area contributed by atoms with Crippen molar-refractivity contribution in [1.29, 1.82) is 0 Å². The van der Waals surface area contributed by atoms with Gasteiger partial charge in [-0.2, -0.15) is 0 Å². The minimum atomic E-state index is 0.255. The van der Waals surface area contributed by atoms with Crippen LogP contribution in [-0.2, 0) is 17.8 Å². The lowest BCUT2D eigenvalue weighted by atomic mass is 10.1. The Balaban J connectivity index is 1.21. The fraction of sp³-hybridized carbons (Fsp3) is 0.360. The van der Waals surface area contributed by atoms with Gasteiger partial charge in [-0.1, -0.05) is 56.0 Å². The van der Waals surface area contributed by atoms with E-state index in [0.717, 1.165) is 25.0 Å². The maximum atomic E-state index is 9.36. The average molecular weight is 391 g/mol. The maximum Gasteiger partial charge on any atom is 0.159 e. The van der Waals surface area contributed by atoms with Gasteiger partial charge in [0.05, 0.1) is 6.61 Å². The van der Waals surface area contributed by atoms with Crippen LogP contribution in [0.5, 0.6) is 5.75 Å². The van der Waals surface area contributed by atoms with E-state index in [4.69, 9.17) is 4.74 Å². The van der Waals surface area contributed by atoms with Gasteiger partial charge in [-0.25, -0.2) is 9.97 Å². The van der Waals surface area contributed by atoms with Gasteiger partial charge in [-0.05, 0) is 54.7 Å². The molecule has 0 spiro atoms. The van der Waals surface area contributed by atoms with Crippen molar-refractivity contribution in [2.75, 3.05) is 6.61 Å². The van der Waals surface area contributed by atoms with Crippen LogP contribution in [0.2, 0.25) is 0 Å². The van der Waals surface area contributed by atoms with E-state index in [2.05, 4.69) is 34.2 Å². The Bertz CT molecular complexity index is 818. The molecular formula is C25H30N2O2. The van der Waals surface area contributed by atoms with E-state index in [1.54, 1.807) is 12.1 Å². The molecule has 0 radical (unpaired) electrons. The molecule has 1 heterocycles. The largest absolute Gasteiger partial charge is 0.508 e. The number of hydrogen-bond acceptors (Lipinski definition) is 4. The highest BCUT2D eigenvalue weighted by atomic mass is 16.5. The molecule has 4 heteroatoms. The molecule has 0 aliphatic rings. The third-order valence-corrected chi connectivity index (χ3v) is 4.95. The quantitative estimate of drug-likeness (QED) is 0.388. The van der Waals surface area contributed by atoms with Gasteiger partial charge < -0.3 is 9.84 Å². The Morgan fingerprint density at radius 3 is 2.07 bits per heavy atom. The number of unbranched alkanes of at least 4 members (excludes halogenated alkanes) is 5. The van der Waals surface area contributed by atoms with E-state index in [9.17, 15) is 5.11 Å². The summed E-state index contributed by atoms with van der Waals surface area (Å²) in [7, 11) is 0. The second-order valence-electron chi connectivity index (χ2n) is 7.37. The first-order valence-corrected chi connectivity index (χ1v) is 10.5. The Labute approximate surface area is 173 Å². The summed E-state index contributed by atoms with van der Waals surface area (Å²) in [4.78, 5) is 8.90. The van der Waals surface area contributed by atoms with E-state index in [1.165, 1.54) is 43.2 Å². The fourth-order valence-electron chi connectivity index (χ4n) is 3.25. The lowest BCUT2D eigenvalue weighted by Crippen LogP contribution is -1.95. The van der Waals surface area contributed by atoms with Crippen LogP contribution in [0.4, 0.5) is 0 Å². The lowest BCUT2D eigenvalue weighted by Gasteiger charge is -2.05. The van der Waals surface area contributed by atoms with Gasteiger partial charge in [0.15, 0.2) is 5.82 Å². The van der Waals surface area contributed by atoms with E-state index in [0.29, 0.717) is 12.4 Å². The van der Waals surface area contributed by atoms with Crippen molar-refractivity contribution in [1.82, 2.24) is 9.97 Å². The highest BCUT2D eigenvalue weighted by Crippen LogP contribution is 2.18. The fourth-order valence-corrected chi connectivity index (χ4v) is 3.25. The number of aromatic nitrogens is 2. The van der Waals surface area contributed by atoms with E-state index >= 15 is 0 Å². The molecule has 0 saturated carbocycles. The number of hydrogen-bond donors (Lipinski definition) is 1. The molecule has 0 fully saturated rings. The number of aromatic hydroxyl groups is 1. The molecule has 0 atom stereocenters. The predicted molar refractivity (Wildman–Crippen MR) is 117 cm³/mol. The smallest absolute Gasteiger partial charge is 0.159 e. The van der Waals surface area contributed by atoms with Gasteiger partial charge in [-0.15, -0.1) is 0 Å². The van der Waals surface area contributed by atoms with Crippen LogP contribution >= 0.6 is 0 Å². The highest BCUT2D eigenvalue weighted by Gasteiger charge is 2.02. The number of nitrogens with zero attached hydrogens (tertiary/aromatic N) is 2. The number of phenols is 1. The normalized spacial score (nSPS) is 10.9. The van der Waals surface area contributed by atoms with Crippen LogP contribution in [0.3, 0.4) is 0 Å². The zero-order chi connectivity index (χ0) is 20.2. The Morgan fingerprint density at radius 2 is 1.34 bits per heavy atom. The molecule has 0 amide bonds. The topological polar surface area (TPSA) is 55.2 Å². The van der Waals surface area contributed by atoms with Crippen molar-refractivity contribution in [2.45, 2.75) is 51.6 Å². The van der Waals surface area contributed by atoms with Crippen molar-refractivity contribution in [2.24, 2.45) is 0 Å². The van der Waals surface area contributed by atoms with Crippen molar-refractivity contribution in [3.05, 3.63) is 78.1 Å². The molecular weight excluding hydrogens is 360 g/mol. The minimum Gasteiger partial charge on any atom is -0.508 e. The van der Waals surface area contributed by atoms with Crippen LogP contribution in [-0.4, -0.2) is 21.7 Å². The van der Waals surface area contributed by atoms with E-state index < -0.39 is 0 Å². The summed E-state index contributed by atoms with van der Waals surface area (Å²) in [5, 5.41) is 9.36. The molecule has 1 aromatic heterocycles. The third kappa shape index (κ3) is 7.66. The van der Waals surface area contributed by atoms with Crippen LogP contribution in [0.25, 0.3) is 11.4 Å². The molecule has 0 unspecified atom stereocenters. The highest BCUT2D eigenvalue weighted by molar-refractivity contribution is 5.55. The molecule has 1 N–H and O–H groups in total.